The molecule has 32 heavy (non-hydrogen) atoms. The van der Waals surface area contributed by atoms with E-state index in [0.717, 1.165) is 51.9 Å². The lowest BCUT2D eigenvalue weighted by Crippen LogP contribution is -2.54. The van der Waals surface area contributed by atoms with Crippen molar-refractivity contribution >= 4 is 11.9 Å². The minimum absolute atomic E-state index is 0.0515. The maximum atomic E-state index is 12.5. The standard InChI is InChI=1S/C24H33N5O3/c1-19-5-7-20(8-6-19)21(27-13-16-31-17-14-27)18-26-24(25-2)29-11-9-28(10-12-29)23(30)22-4-3-15-32-22/h3-8,15,21H,9-14,16-18H2,1-2H3,(H,25,26). The SMILES string of the molecule is CN=C(NCC(c1ccc(C)cc1)N1CCOCC1)N1CCN(C(=O)c2ccco2)CC1. The van der Waals surface area contributed by atoms with E-state index in [2.05, 4.69) is 51.3 Å². The second-order valence-corrected chi connectivity index (χ2v) is 8.26. The number of aryl methyl sites for hydroxylation is 1. The van der Waals surface area contributed by atoms with Crippen LogP contribution in [0.25, 0.3) is 0 Å². The van der Waals surface area contributed by atoms with Gasteiger partial charge in [-0.1, -0.05) is 29.8 Å². The van der Waals surface area contributed by atoms with E-state index in [1.165, 1.54) is 17.4 Å². The summed E-state index contributed by atoms with van der Waals surface area (Å²) in [6.45, 7) is 9.02. The van der Waals surface area contributed by atoms with Crippen LogP contribution < -0.4 is 5.32 Å². The number of carbonyl (C=O) groups is 1. The van der Waals surface area contributed by atoms with Gasteiger partial charge in [-0.3, -0.25) is 14.7 Å². The fourth-order valence-corrected chi connectivity index (χ4v) is 4.33. The van der Waals surface area contributed by atoms with Gasteiger partial charge in [0.1, 0.15) is 0 Å². The Kier molecular flexibility index (Phi) is 7.44. The number of aliphatic imine (C=N–C) groups is 1. The molecule has 1 atom stereocenters. The number of carbonyl (C=O) groups excluding carboxylic acids is 1. The minimum atomic E-state index is -0.0515. The molecule has 1 N–H and O–H groups in total. The van der Waals surface area contributed by atoms with Crippen LogP contribution in [0.2, 0.25) is 0 Å². The summed E-state index contributed by atoms with van der Waals surface area (Å²) in [5, 5.41) is 3.59. The smallest absolute Gasteiger partial charge is 0.289 e. The summed E-state index contributed by atoms with van der Waals surface area (Å²) < 4.78 is 10.8. The quantitative estimate of drug-likeness (QED) is 0.568. The van der Waals surface area contributed by atoms with Gasteiger partial charge in [0.25, 0.3) is 5.91 Å². The second-order valence-electron chi connectivity index (χ2n) is 8.26. The first-order valence-electron chi connectivity index (χ1n) is 11.3. The van der Waals surface area contributed by atoms with Crippen molar-refractivity contribution < 1.29 is 13.9 Å². The number of ether oxygens (including phenoxy) is 1. The lowest BCUT2D eigenvalue weighted by atomic mass is 10.0. The number of hydrogen-bond acceptors (Lipinski definition) is 5. The molecule has 2 aliphatic rings. The second kappa shape index (κ2) is 10.7. The number of furan rings is 1. The maximum absolute atomic E-state index is 12.5. The molecule has 0 aliphatic carbocycles. The molecule has 2 fully saturated rings. The van der Waals surface area contributed by atoms with Crippen molar-refractivity contribution in [1.82, 2.24) is 20.0 Å². The molecule has 1 aromatic heterocycles. The lowest BCUT2D eigenvalue weighted by molar-refractivity contribution is 0.0168. The Bertz CT molecular complexity index is 883. The molecular formula is C24H33N5O3. The fraction of sp³-hybridized carbons (Fsp3) is 0.500. The summed E-state index contributed by atoms with van der Waals surface area (Å²) >= 11 is 0. The van der Waals surface area contributed by atoms with Crippen LogP contribution in [0.1, 0.15) is 27.7 Å². The molecule has 4 rings (SSSR count). The number of nitrogens with zero attached hydrogens (tertiary/aromatic N) is 4. The molecule has 2 saturated heterocycles. The molecule has 8 nitrogen and oxygen atoms in total. The summed E-state index contributed by atoms with van der Waals surface area (Å²) in [5.74, 6) is 1.22. The summed E-state index contributed by atoms with van der Waals surface area (Å²) in [6, 6.07) is 12.5. The average molecular weight is 440 g/mol. The van der Waals surface area contributed by atoms with Crippen LogP contribution in [0.5, 0.6) is 0 Å². The predicted octanol–water partition coefficient (Wildman–Crippen LogP) is 1.99. The van der Waals surface area contributed by atoms with Crippen LogP contribution in [0, 0.1) is 6.92 Å². The third kappa shape index (κ3) is 5.31. The molecule has 0 bridgehead atoms. The summed E-state index contributed by atoms with van der Waals surface area (Å²) in [4.78, 5) is 23.6. The van der Waals surface area contributed by atoms with Gasteiger partial charge in [0.15, 0.2) is 11.7 Å². The molecular weight excluding hydrogens is 406 g/mol. The van der Waals surface area contributed by atoms with Gasteiger partial charge in [0, 0.05) is 52.9 Å². The molecule has 2 aromatic rings. The first-order valence-corrected chi connectivity index (χ1v) is 11.3. The molecule has 1 unspecified atom stereocenters. The van der Waals surface area contributed by atoms with Crippen LogP contribution >= 0.6 is 0 Å². The van der Waals surface area contributed by atoms with Crippen molar-refractivity contribution in [2.45, 2.75) is 13.0 Å². The molecule has 172 valence electrons. The van der Waals surface area contributed by atoms with Crippen LogP contribution in [-0.4, -0.2) is 92.6 Å². The third-order valence-electron chi connectivity index (χ3n) is 6.21. The average Bonchev–Trinajstić information content (AvgIpc) is 3.38. The molecule has 1 amide bonds. The van der Waals surface area contributed by atoms with E-state index in [4.69, 9.17) is 9.15 Å². The Labute approximate surface area is 189 Å². The van der Waals surface area contributed by atoms with Gasteiger partial charge in [-0.15, -0.1) is 0 Å². The monoisotopic (exact) mass is 439 g/mol. The molecule has 8 heteroatoms. The highest BCUT2D eigenvalue weighted by molar-refractivity contribution is 5.91. The van der Waals surface area contributed by atoms with E-state index in [0.29, 0.717) is 18.8 Å². The summed E-state index contributed by atoms with van der Waals surface area (Å²) in [7, 11) is 1.82. The van der Waals surface area contributed by atoms with E-state index in [-0.39, 0.29) is 11.9 Å². The maximum Gasteiger partial charge on any atom is 0.289 e. The van der Waals surface area contributed by atoms with Gasteiger partial charge in [-0.2, -0.15) is 0 Å². The molecule has 0 radical (unpaired) electrons. The largest absolute Gasteiger partial charge is 0.459 e. The van der Waals surface area contributed by atoms with Gasteiger partial charge >= 0.3 is 0 Å². The number of morpholine rings is 1. The van der Waals surface area contributed by atoms with Crippen molar-refractivity contribution in [3.63, 3.8) is 0 Å². The summed E-state index contributed by atoms with van der Waals surface area (Å²) in [5.41, 5.74) is 2.56. The Morgan fingerprint density at radius 1 is 1.03 bits per heavy atom. The topological polar surface area (TPSA) is 73.6 Å². The number of piperazine rings is 1. The number of nitrogens with one attached hydrogen (secondary N) is 1. The Morgan fingerprint density at radius 2 is 1.72 bits per heavy atom. The zero-order valence-electron chi connectivity index (χ0n) is 19.0. The fourth-order valence-electron chi connectivity index (χ4n) is 4.33. The molecule has 3 heterocycles. The van der Waals surface area contributed by atoms with Gasteiger partial charge in [-0.25, -0.2) is 0 Å². The Balaban J connectivity index is 1.36. The normalized spacial score (nSPS) is 19.1. The number of hydrogen-bond donors (Lipinski definition) is 1. The summed E-state index contributed by atoms with van der Waals surface area (Å²) in [6.07, 6.45) is 1.54. The Hall–Kier alpha value is -2.84. The molecule has 2 aliphatic heterocycles. The van der Waals surface area contributed by atoms with Crippen LogP contribution in [0.3, 0.4) is 0 Å². The van der Waals surface area contributed by atoms with Crippen LogP contribution in [0.15, 0.2) is 52.1 Å². The zero-order chi connectivity index (χ0) is 22.3. The van der Waals surface area contributed by atoms with Crippen LogP contribution in [0.4, 0.5) is 0 Å². The van der Waals surface area contributed by atoms with Crippen molar-refractivity contribution in [2.75, 3.05) is 66.1 Å². The zero-order valence-corrected chi connectivity index (χ0v) is 19.0. The number of amides is 1. The molecule has 0 spiro atoms. The van der Waals surface area contributed by atoms with E-state index in [9.17, 15) is 4.79 Å². The predicted molar refractivity (Wildman–Crippen MR) is 124 cm³/mol. The van der Waals surface area contributed by atoms with Gasteiger partial charge in [0.05, 0.1) is 25.5 Å². The van der Waals surface area contributed by atoms with Gasteiger partial charge in [0.2, 0.25) is 0 Å². The number of rotatable bonds is 5. The highest BCUT2D eigenvalue weighted by atomic mass is 16.5. The first kappa shape index (κ1) is 22.4. The Morgan fingerprint density at radius 3 is 2.34 bits per heavy atom. The van der Waals surface area contributed by atoms with Gasteiger partial charge in [-0.05, 0) is 24.6 Å². The minimum Gasteiger partial charge on any atom is -0.459 e. The van der Waals surface area contributed by atoms with E-state index in [1.807, 2.05) is 11.9 Å². The first-order chi connectivity index (χ1) is 15.7. The van der Waals surface area contributed by atoms with Crippen molar-refractivity contribution in [3.8, 4) is 0 Å². The van der Waals surface area contributed by atoms with Crippen molar-refractivity contribution in [1.29, 1.82) is 0 Å². The number of guanidine groups is 1. The van der Waals surface area contributed by atoms with Crippen molar-refractivity contribution in [2.24, 2.45) is 4.99 Å². The van der Waals surface area contributed by atoms with E-state index >= 15 is 0 Å². The molecule has 0 saturated carbocycles. The van der Waals surface area contributed by atoms with E-state index in [1.54, 1.807) is 12.1 Å². The number of benzene rings is 1. The highest BCUT2D eigenvalue weighted by Gasteiger charge is 2.27. The van der Waals surface area contributed by atoms with Crippen LogP contribution in [-0.2, 0) is 4.74 Å². The lowest BCUT2D eigenvalue weighted by Gasteiger charge is -2.38. The van der Waals surface area contributed by atoms with Crippen molar-refractivity contribution in [3.05, 3.63) is 59.5 Å². The van der Waals surface area contributed by atoms with E-state index < -0.39 is 0 Å². The van der Waals surface area contributed by atoms with Gasteiger partial charge < -0.3 is 24.3 Å². The highest BCUT2D eigenvalue weighted by Crippen LogP contribution is 2.22. The molecule has 1 aromatic carbocycles. The third-order valence-corrected chi connectivity index (χ3v) is 6.21.